The summed E-state index contributed by atoms with van der Waals surface area (Å²) >= 11 is 0. The van der Waals surface area contributed by atoms with Gasteiger partial charge in [-0.2, -0.15) is 4.98 Å². The van der Waals surface area contributed by atoms with Crippen LogP contribution in [0.4, 0.5) is 0 Å². The van der Waals surface area contributed by atoms with E-state index in [1.807, 2.05) is 31.2 Å². The number of methoxy groups -OCH3 is 1. The van der Waals surface area contributed by atoms with E-state index in [1.54, 1.807) is 12.0 Å². The Balaban J connectivity index is 1.42. The number of hydrogen-bond acceptors (Lipinski definition) is 6. The maximum Gasteiger partial charge on any atom is 0.233 e. The van der Waals surface area contributed by atoms with E-state index in [4.69, 9.17) is 14.0 Å². The number of carbonyl (C=O) groups excluding carboxylic acids is 1. The van der Waals surface area contributed by atoms with Crippen LogP contribution in [0.5, 0.6) is 5.75 Å². The lowest BCUT2D eigenvalue weighted by Gasteiger charge is -2.37. The maximum atomic E-state index is 11.8. The van der Waals surface area contributed by atoms with Crippen LogP contribution in [0.15, 0.2) is 28.8 Å². The number of benzene rings is 1. The average Bonchev–Trinajstić information content (AvgIpc) is 3.00. The zero-order valence-electron chi connectivity index (χ0n) is 14.6. The molecule has 0 unspecified atom stereocenters. The van der Waals surface area contributed by atoms with E-state index in [2.05, 4.69) is 10.1 Å². The molecule has 0 spiro atoms. The lowest BCUT2D eigenvalue weighted by molar-refractivity contribution is -0.136. The second-order valence-corrected chi connectivity index (χ2v) is 6.20. The van der Waals surface area contributed by atoms with E-state index in [0.29, 0.717) is 50.9 Å². The summed E-state index contributed by atoms with van der Waals surface area (Å²) in [5, 5.41) is 4.00. The van der Waals surface area contributed by atoms with Crippen molar-refractivity contribution >= 4 is 5.91 Å². The molecule has 7 heteroatoms. The molecule has 0 bridgehead atoms. The summed E-state index contributed by atoms with van der Waals surface area (Å²) in [6.07, 6.45) is 0.995. The Labute approximate surface area is 146 Å². The predicted octanol–water partition coefficient (Wildman–Crippen LogP) is 1.96. The predicted molar refractivity (Wildman–Crippen MR) is 90.5 cm³/mol. The summed E-state index contributed by atoms with van der Waals surface area (Å²) in [4.78, 5) is 18.0. The summed E-state index contributed by atoms with van der Waals surface area (Å²) in [5.41, 5.74) is 1.16. The average molecular weight is 345 g/mol. The molecule has 1 amide bonds. The van der Waals surface area contributed by atoms with Crippen LogP contribution in [-0.2, 0) is 16.0 Å². The minimum atomic E-state index is 0.101. The molecule has 0 aliphatic carbocycles. The lowest BCUT2D eigenvalue weighted by atomic mass is 10.00. The van der Waals surface area contributed by atoms with Crippen LogP contribution in [-0.4, -0.2) is 54.4 Å². The first-order valence-corrected chi connectivity index (χ1v) is 8.44. The van der Waals surface area contributed by atoms with Gasteiger partial charge in [0.1, 0.15) is 5.75 Å². The highest BCUT2D eigenvalue weighted by molar-refractivity contribution is 5.77. The summed E-state index contributed by atoms with van der Waals surface area (Å²) in [6, 6.07) is 7.91. The fourth-order valence-electron chi connectivity index (χ4n) is 2.69. The number of hydrogen-bond donors (Lipinski definition) is 0. The topological polar surface area (TPSA) is 77.7 Å². The van der Waals surface area contributed by atoms with Gasteiger partial charge in [0.25, 0.3) is 0 Å². The number of rotatable bonds is 8. The molecule has 1 aliphatic rings. The SMILES string of the molecule is COCCC(=O)N1CC(c2nc(CCOc3cccc(C)c3)no2)C1. The van der Waals surface area contributed by atoms with Crippen molar-refractivity contribution in [2.24, 2.45) is 0 Å². The van der Waals surface area contributed by atoms with Gasteiger partial charge < -0.3 is 18.9 Å². The molecular weight excluding hydrogens is 322 g/mol. The van der Waals surface area contributed by atoms with E-state index < -0.39 is 0 Å². The molecule has 1 aliphatic heterocycles. The Morgan fingerprint density at radius 2 is 2.20 bits per heavy atom. The van der Waals surface area contributed by atoms with Crippen LogP contribution in [0.1, 0.15) is 29.6 Å². The van der Waals surface area contributed by atoms with E-state index in [0.717, 1.165) is 11.3 Å². The zero-order chi connectivity index (χ0) is 17.6. The Hall–Kier alpha value is -2.41. The third kappa shape index (κ3) is 4.57. The van der Waals surface area contributed by atoms with Gasteiger partial charge in [-0.1, -0.05) is 17.3 Å². The number of nitrogens with zero attached hydrogens (tertiary/aromatic N) is 3. The Morgan fingerprint density at radius 1 is 1.36 bits per heavy atom. The number of amides is 1. The lowest BCUT2D eigenvalue weighted by Crippen LogP contribution is -2.48. The van der Waals surface area contributed by atoms with E-state index >= 15 is 0 Å². The van der Waals surface area contributed by atoms with E-state index in [9.17, 15) is 4.79 Å². The summed E-state index contributed by atoms with van der Waals surface area (Å²) in [7, 11) is 1.59. The molecule has 1 aromatic heterocycles. The molecule has 0 radical (unpaired) electrons. The maximum absolute atomic E-state index is 11.8. The van der Waals surface area contributed by atoms with Gasteiger partial charge in [-0.3, -0.25) is 4.79 Å². The Morgan fingerprint density at radius 3 is 2.96 bits per heavy atom. The second-order valence-electron chi connectivity index (χ2n) is 6.20. The highest BCUT2D eigenvalue weighted by Gasteiger charge is 2.35. The smallest absolute Gasteiger partial charge is 0.233 e. The van der Waals surface area contributed by atoms with E-state index in [-0.39, 0.29) is 11.8 Å². The number of aromatic nitrogens is 2. The monoisotopic (exact) mass is 345 g/mol. The molecule has 1 aromatic carbocycles. The molecule has 25 heavy (non-hydrogen) atoms. The second kappa shape index (κ2) is 8.11. The normalized spacial score (nSPS) is 14.4. The number of ether oxygens (including phenoxy) is 2. The molecule has 7 nitrogen and oxygen atoms in total. The zero-order valence-corrected chi connectivity index (χ0v) is 14.6. The van der Waals surface area contributed by atoms with E-state index in [1.165, 1.54) is 0 Å². The molecule has 134 valence electrons. The van der Waals surface area contributed by atoms with Gasteiger partial charge in [0, 0.05) is 26.6 Å². The van der Waals surface area contributed by atoms with Crippen molar-refractivity contribution < 1.29 is 18.8 Å². The van der Waals surface area contributed by atoms with Crippen molar-refractivity contribution in [2.45, 2.75) is 25.7 Å². The molecule has 0 N–H and O–H groups in total. The summed E-state index contributed by atoms with van der Waals surface area (Å²) in [5.74, 6) is 2.30. The largest absolute Gasteiger partial charge is 0.493 e. The van der Waals surface area contributed by atoms with Gasteiger partial charge in [-0.05, 0) is 24.6 Å². The third-order valence-electron chi connectivity index (χ3n) is 4.17. The van der Waals surface area contributed by atoms with Crippen molar-refractivity contribution in [3.63, 3.8) is 0 Å². The van der Waals surface area contributed by atoms with Crippen LogP contribution in [0.2, 0.25) is 0 Å². The van der Waals surface area contributed by atoms with Crippen LogP contribution in [0.3, 0.4) is 0 Å². The number of aryl methyl sites for hydroxylation is 1. The van der Waals surface area contributed by atoms with Crippen molar-refractivity contribution in [1.82, 2.24) is 15.0 Å². The van der Waals surface area contributed by atoms with Crippen molar-refractivity contribution in [3.8, 4) is 5.75 Å². The van der Waals surface area contributed by atoms with Gasteiger partial charge in [0.2, 0.25) is 11.8 Å². The van der Waals surface area contributed by atoms with Gasteiger partial charge in [-0.25, -0.2) is 0 Å². The minimum Gasteiger partial charge on any atom is -0.493 e. The third-order valence-corrected chi connectivity index (χ3v) is 4.17. The van der Waals surface area contributed by atoms with Gasteiger partial charge in [-0.15, -0.1) is 0 Å². The Kier molecular flexibility index (Phi) is 5.65. The van der Waals surface area contributed by atoms with Gasteiger partial charge in [0.05, 0.1) is 25.6 Å². The molecule has 1 fully saturated rings. The van der Waals surface area contributed by atoms with Crippen molar-refractivity contribution in [1.29, 1.82) is 0 Å². The fourth-order valence-corrected chi connectivity index (χ4v) is 2.69. The Bertz CT molecular complexity index is 710. The van der Waals surface area contributed by atoms with Crippen molar-refractivity contribution in [2.75, 3.05) is 33.4 Å². The first kappa shape index (κ1) is 17.4. The summed E-state index contributed by atoms with van der Waals surface area (Å²) in [6.45, 7) is 4.23. The van der Waals surface area contributed by atoms with Crippen LogP contribution in [0.25, 0.3) is 0 Å². The highest BCUT2D eigenvalue weighted by atomic mass is 16.5. The van der Waals surface area contributed by atoms with Crippen LogP contribution >= 0.6 is 0 Å². The fraction of sp³-hybridized carbons (Fsp3) is 0.500. The van der Waals surface area contributed by atoms with Crippen LogP contribution < -0.4 is 4.74 Å². The molecule has 0 saturated carbocycles. The van der Waals surface area contributed by atoms with Gasteiger partial charge >= 0.3 is 0 Å². The quantitative estimate of drug-likeness (QED) is 0.728. The molecule has 3 rings (SSSR count). The molecule has 0 atom stereocenters. The molecule has 2 heterocycles. The molecule has 2 aromatic rings. The minimum absolute atomic E-state index is 0.101. The first-order chi connectivity index (χ1) is 12.2. The number of carbonyl (C=O) groups is 1. The first-order valence-electron chi connectivity index (χ1n) is 8.44. The molecule has 1 saturated heterocycles. The number of likely N-dealkylation sites (tertiary alicyclic amines) is 1. The van der Waals surface area contributed by atoms with Gasteiger partial charge in [0.15, 0.2) is 5.82 Å². The van der Waals surface area contributed by atoms with Crippen molar-refractivity contribution in [3.05, 3.63) is 41.5 Å². The highest BCUT2D eigenvalue weighted by Crippen LogP contribution is 2.26. The molecular formula is C18H23N3O4. The summed E-state index contributed by atoms with van der Waals surface area (Å²) < 4.78 is 15.9. The van der Waals surface area contributed by atoms with Crippen LogP contribution in [0, 0.1) is 6.92 Å². The standard InChI is InChI=1S/C18H23N3O4/c1-13-4-3-5-15(10-13)24-9-6-16-19-18(25-20-16)14-11-21(12-14)17(22)7-8-23-2/h3-5,10,14H,6-9,11-12H2,1-2H3.